The topological polar surface area (TPSA) is 115 Å². The van der Waals surface area contributed by atoms with Crippen LogP contribution in [0, 0.1) is 0 Å². The summed E-state index contributed by atoms with van der Waals surface area (Å²) in [5.74, 6) is 2.01. The summed E-state index contributed by atoms with van der Waals surface area (Å²) in [5.41, 5.74) is 0.00742. The van der Waals surface area contributed by atoms with Gasteiger partial charge < -0.3 is 24.8 Å². The van der Waals surface area contributed by atoms with Crippen LogP contribution in [0.1, 0.15) is 0 Å². The van der Waals surface area contributed by atoms with E-state index >= 15 is 0 Å². The van der Waals surface area contributed by atoms with E-state index in [-0.39, 0.29) is 11.6 Å². The smallest absolute Gasteiger partial charge is 0.279 e. The Morgan fingerprint density at radius 1 is 0.654 bits per heavy atom. The zero-order chi connectivity index (χ0) is 19.6. The SMILES string of the molecule is CN(C)c1nc(N(C)C)nc(-n2c(N(C)C)nc(N(C)C)n/c2=N/O)n1. The maximum absolute atomic E-state index is 9.53. The molecule has 0 fully saturated rings. The van der Waals surface area contributed by atoms with E-state index in [1.54, 1.807) is 33.7 Å². The third-order valence-electron chi connectivity index (χ3n) is 3.29. The Balaban J connectivity index is 2.87. The fourth-order valence-electron chi connectivity index (χ4n) is 1.98. The second kappa shape index (κ2) is 7.37. The highest BCUT2D eigenvalue weighted by Gasteiger charge is 2.19. The second-order valence-corrected chi connectivity index (χ2v) is 6.37. The molecule has 0 spiro atoms. The Morgan fingerprint density at radius 2 is 1.12 bits per heavy atom. The Hall–Kier alpha value is -3.18. The summed E-state index contributed by atoms with van der Waals surface area (Å²) in [4.78, 5) is 29.1. The van der Waals surface area contributed by atoms with Crippen molar-refractivity contribution in [3.05, 3.63) is 5.62 Å². The average molecular weight is 363 g/mol. The van der Waals surface area contributed by atoms with Crippen molar-refractivity contribution in [1.29, 1.82) is 0 Å². The molecule has 0 bridgehead atoms. The second-order valence-electron chi connectivity index (χ2n) is 6.37. The highest BCUT2D eigenvalue weighted by molar-refractivity contribution is 5.45. The Labute approximate surface area is 152 Å². The van der Waals surface area contributed by atoms with E-state index in [1.807, 2.05) is 42.3 Å². The molecule has 0 aliphatic carbocycles. The van der Waals surface area contributed by atoms with Gasteiger partial charge in [0.2, 0.25) is 29.7 Å². The monoisotopic (exact) mass is 363 g/mol. The van der Waals surface area contributed by atoms with Crippen molar-refractivity contribution in [3.8, 4) is 5.95 Å². The third-order valence-corrected chi connectivity index (χ3v) is 3.29. The van der Waals surface area contributed by atoms with Gasteiger partial charge in [-0.25, -0.2) is 4.57 Å². The van der Waals surface area contributed by atoms with Crippen molar-refractivity contribution >= 4 is 23.8 Å². The molecule has 0 saturated heterocycles. The van der Waals surface area contributed by atoms with Crippen LogP contribution in [0.15, 0.2) is 5.16 Å². The van der Waals surface area contributed by atoms with Gasteiger partial charge in [0, 0.05) is 56.4 Å². The van der Waals surface area contributed by atoms with E-state index in [0.29, 0.717) is 23.8 Å². The number of rotatable bonds is 5. The quantitative estimate of drug-likeness (QED) is 0.524. The predicted octanol–water partition coefficient (Wildman–Crippen LogP) is -0.994. The van der Waals surface area contributed by atoms with Crippen LogP contribution in [0.3, 0.4) is 0 Å². The van der Waals surface area contributed by atoms with Crippen LogP contribution in [-0.4, -0.2) is 91.1 Å². The van der Waals surface area contributed by atoms with Gasteiger partial charge in [-0.3, -0.25) is 0 Å². The molecular weight excluding hydrogens is 338 g/mol. The lowest BCUT2D eigenvalue weighted by atomic mass is 10.6. The van der Waals surface area contributed by atoms with Gasteiger partial charge in [-0.1, -0.05) is 0 Å². The zero-order valence-corrected chi connectivity index (χ0v) is 16.4. The molecule has 12 nitrogen and oxygen atoms in total. The molecule has 0 atom stereocenters. The van der Waals surface area contributed by atoms with Crippen molar-refractivity contribution in [3.63, 3.8) is 0 Å². The molecule has 2 heterocycles. The first-order valence-electron chi connectivity index (χ1n) is 7.80. The molecular formula is C14H25N11O. The van der Waals surface area contributed by atoms with Gasteiger partial charge in [-0.05, 0) is 5.16 Å². The first kappa shape index (κ1) is 19.1. The summed E-state index contributed by atoms with van der Waals surface area (Å²) in [7, 11) is 14.6. The normalized spacial score (nSPS) is 11.5. The molecule has 2 aromatic rings. The minimum atomic E-state index is 0.00742. The largest absolute Gasteiger partial charge is 0.408 e. The fraction of sp³-hybridized carbons (Fsp3) is 0.571. The van der Waals surface area contributed by atoms with Crippen LogP contribution in [0.5, 0.6) is 0 Å². The van der Waals surface area contributed by atoms with E-state index in [9.17, 15) is 5.21 Å². The zero-order valence-electron chi connectivity index (χ0n) is 16.4. The molecule has 26 heavy (non-hydrogen) atoms. The van der Waals surface area contributed by atoms with Gasteiger partial charge in [0.15, 0.2) is 0 Å². The van der Waals surface area contributed by atoms with Crippen LogP contribution >= 0.6 is 0 Å². The highest BCUT2D eigenvalue weighted by Crippen LogP contribution is 2.17. The average Bonchev–Trinajstić information content (AvgIpc) is 2.59. The van der Waals surface area contributed by atoms with Crippen LogP contribution in [-0.2, 0) is 0 Å². The Morgan fingerprint density at radius 3 is 1.50 bits per heavy atom. The summed E-state index contributed by atoms with van der Waals surface area (Å²) >= 11 is 0. The molecule has 0 aliphatic rings. The first-order valence-corrected chi connectivity index (χ1v) is 7.80. The predicted molar refractivity (Wildman–Crippen MR) is 99.4 cm³/mol. The Bertz CT molecular complexity index is 815. The van der Waals surface area contributed by atoms with E-state index in [1.165, 1.54) is 4.57 Å². The molecule has 0 amide bonds. The van der Waals surface area contributed by atoms with Gasteiger partial charge in [-0.2, -0.15) is 24.9 Å². The molecule has 0 unspecified atom stereocenters. The number of nitrogens with zero attached hydrogens (tertiary/aromatic N) is 11. The number of hydrogen-bond donors (Lipinski definition) is 1. The van der Waals surface area contributed by atoms with Crippen LogP contribution < -0.4 is 25.2 Å². The standard InChI is InChI=1S/C14H25N11O/c1-21(2)9-15-10(22(3)4)17-12(16-9)25-13(20-26)18-11(23(5)6)19-14(25)24(7)8/h26H,1-8H3/b20-13-. The summed E-state index contributed by atoms with van der Waals surface area (Å²) in [5, 5.41) is 12.8. The molecule has 1 N–H and O–H groups in total. The van der Waals surface area contributed by atoms with Gasteiger partial charge in [-0.15, -0.1) is 0 Å². The summed E-state index contributed by atoms with van der Waals surface area (Å²) < 4.78 is 1.47. The molecule has 0 radical (unpaired) electrons. The van der Waals surface area contributed by atoms with Crippen molar-refractivity contribution in [2.75, 3.05) is 76.0 Å². The molecule has 0 saturated carbocycles. The number of anilines is 4. The molecule has 12 heteroatoms. The summed E-state index contributed by atoms with van der Waals surface area (Å²) in [6, 6.07) is 0. The van der Waals surface area contributed by atoms with Gasteiger partial charge >= 0.3 is 0 Å². The number of hydrogen-bond acceptors (Lipinski definition) is 11. The van der Waals surface area contributed by atoms with Crippen LogP contribution in [0.4, 0.5) is 23.8 Å². The molecule has 2 rings (SSSR count). The van der Waals surface area contributed by atoms with Gasteiger partial charge in [0.1, 0.15) is 0 Å². The van der Waals surface area contributed by atoms with Crippen LogP contribution in [0.25, 0.3) is 5.95 Å². The highest BCUT2D eigenvalue weighted by atomic mass is 16.4. The van der Waals surface area contributed by atoms with E-state index in [0.717, 1.165) is 0 Å². The minimum Gasteiger partial charge on any atom is -0.408 e. The van der Waals surface area contributed by atoms with Crippen LogP contribution in [0.2, 0.25) is 0 Å². The molecule has 2 aromatic heterocycles. The minimum absolute atomic E-state index is 0.00742. The third kappa shape index (κ3) is 3.73. The molecule has 0 aliphatic heterocycles. The van der Waals surface area contributed by atoms with Gasteiger partial charge in [0.05, 0.1) is 0 Å². The molecule has 0 aromatic carbocycles. The maximum atomic E-state index is 9.53. The fourth-order valence-corrected chi connectivity index (χ4v) is 1.98. The van der Waals surface area contributed by atoms with E-state index in [2.05, 4.69) is 30.1 Å². The summed E-state index contributed by atoms with van der Waals surface area (Å²) in [6.07, 6.45) is 0. The number of aromatic nitrogens is 6. The lowest BCUT2D eigenvalue weighted by molar-refractivity contribution is 0.291. The van der Waals surface area contributed by atoms with E-state index in [4.69, 9.17) is 0 Å². The lowest BCUT2D eigenvalue weighted by Gasteiger charge is -2.21. The van der Waals surface area contributed by atoms with Crippen molar-refractivity contribution in [2.24, 2.45) is 5.16 Å². The molecule has 142 valence electrons. The van der Waals surface area contributed by atoms with Crippen molar-refractivity contribution < 1.29 is 5.21 Å². The lowest BCUT2D eigenvalue weighted by Crippen LogP contribution is -2.34. The maximum Gasteiger partial charge on any atom is 0.279 e. The van der Waals surface area contributed by atoms with Crippen molar-refractivity contribution in [1.82, 2.24) is 29.5 Å². The van der Waals surface area contributed by atoms with Crippen molar-refractivity contribution in [2.45, 2.75) is 0 Å². The first-order chi connectivity index (χ1) is 12.1. The Kier molecular flexibility index (Phi) is 5.43. The van der Waals surface area contributed by atoms with Gasteiger partial charge in [0.25, 0.3) is 5.62 Å². The summed E-state index contributed by atoms with van der Waals surface area (Å²) in [6.45, 7) is 0. The van der Waals surface area contributed by atoms with E-state index < -0.39 is 0 Å².